The third kappa shape index (κ3) is 3.79. The van der Waals surface area contributed by atoms with Gasteiger partial charge in [0.05, 0.1) is 10.5 Å². The number of nitrogens with zero attached hydrogens (tertiary/aromatic N) is 1. The predicted molar refractivity (Wildman–Crippen MR) is 77.4 cm³/mol. The van der Waals surface area contributed by atoms with Gasteiger partial charge in [-0.3, -0.25) is 0 Å². The smallest absolute Gasteiger partial charge is 0.336 e. The SMILES string of the molecule is CCCN(CCC)S(=O)(=O)c1cc(F)c(C)c(C(=O)O)c1. The summed E-state index contributed by atoms with van der Waals surface area (Å²) >= 11 is 0. The van der Waals surface area contributed by atoms with Gasteiger partial charge in [0.2, 0.25) is 10.0 Å². The molecule has 0 saturated heterocycles. The topological polar surface area (TPSA) is 74.7 Å². The molecule has 5 nitrogen and oxygen atoms in total. The van der Waals surface area contributed by atoms with Gasteiger partial charge in [0.25, 0.3) is 0 Å². The molecule has 0 spiro atoms. The van der Waals surface area contributed by atoms with Crippen molar-refractivity contribution in [3.8, 4) is 0 Å². The third-order valence-electron chi connectivity index (χ3n) is 3.13. The molecule has 0 radical (unpaired) electrons. The van der Waals surface area contributed by atoms with Crippen molar-refractivity contribution in [2.45, 2.75) is 38.5 Å². The lowest BCUT2D eigenvalue weighted by Crippen LogP contribution is -2.32. The molecule has 0 bridgehead atoms. The fraction of sp³-hybridized carbons (Fsp3) is 0.500. The zero-order valence-electron chi connectivity index (χ0n) is 12.4. The van der Waals surface area contributed by atoms with Crippen LogP contribution < -0.4 is 0 Å². The van der Waals surface area contributed by atoms with Crippen molar-refractivity contribution in [3.63, 3.8) is 0 Å². The lowest BCUT2D eigenvalue weighted by atomic mass is 10.1. The van der Waals surface area contributed by atoms with Gasteiger partial charge in [-0.15, -0.1) is 0 Å². The van der Waals surface area contributed by atoms with E-state index in [1.807, 2.05) is 13.8 Å². The van der Waals surface area contributed by atoms with Gasteiger partial charge >= 0.3 is 5.97 Å². The number of sulfonamides is 1. The minimum absolute atomic E-state index is 0.0704. The van der Waals surface area contributed by atoms with Crippen molar-refractivity contribution in [3.05, 3.63) is 29.1 Å². The summed E-state index contributed by atoms with van der Waals surface area (Å²) in [5.74, 6) is -2.18. The number of carboxylic acid groups (broad SMARTS) is 1. The monoisotopic (exact) mass is 317 g/mol. The first-order valence-corrected chi connectivity index (χ1v) is 8.23. The van der Waals surface area contributed by atoms with E-state index in [2.05, 4.69) is 0 Å². The minimum Gasteiger partial charge on any atom is -0.478 e. The summed E-state index contributed by atoms with van der Waals surface area (Å²) in [5.41, 5.74) is -0.402. The van der Waals surface area contributed by atoms with E-state index in [-0.39, 0.29) is 16.0 Å². The lowest BCUT2D eigenvalue weighted by molar-refractivity contribution is 0.0695. The second-order valence-corrected chi connectivity index (χ2v) is 6.72. The highest BCUT2D eigenvalue weighted by Crippen LogP contribution is 2.23. The largest absolute Gasteiger partial charge is 0.478 e. The normalized spacial score (nSPS) is 11.9. The Labute approximate surface area is 124 Å². The molecule has 0 unspecified atom stereocenters. The quantitative estimate of drug-likeness (QED) is 0.839. The fourth-order valence-corrected chi connectivity index (χ4v) is 3.69. The van der Waals surface area contributed by atoms with Gasteiger partial charge in [0.15, 0.2) is 0 Å². The molecular formula is C14H20FNO4S. The van der Waals surface area contributed by atoms with Gasteiger partial charge in [-0.25, -0.2) is 17.6 Å². The molecule has 7 heteroatoms. The number of hydrogen-bond donors (Lipinski definition) is 1. The summed E-state index contributed by atoms with van der Waals surface area (Å²) < 4.78 is 40.1. The molecule has 1 N–H and O–H groups in total. The van der Waals surface area contributed by atoms with E-state index in [4.69, 9.17) is 5.11 Å². The van der Waals surface area contributed by atoms with E-state index < -0.39 is 21.8 Å². The van der Waals surface area contributed by atoms with Crippen LogP contribution in [0.1, 0.15) is 42.6 Å². The molecule has 21 heavy (non-hydrogen) atoms. The predicted octanol–water partition coefficient (Wildman–Crippen LogP) is 2.64. The molecule has 1 aromatic rings. The Hall–Kier alpha value is -1.47. The lowest BCUT2D eigenvalue weighted by Gasteiger charge is -2.21. The summed E-state index contributed by atoms with van der Waals surface area (Å²) in [6.07, 6.45) is 1.25. The molecule has 0 atom stereocenters. The number of carboxylic acids is 1. The molecule has 118 valence electrons. The highest BCUT2D eigenvalue weighted by Gasteiger charge is 2.26. The molecule has 0 saturated carbocycles. The van der Waals surface area contributed by atoms with Crippen LogP contribution >= 0.6 is 0 Å². The van der Waals surface area contributed by atoms with Crippen molar-refractivity contribution in [2.75, 3.05) is 13.1 Å². The van der Waals surface area contributed by atoms with E-state index in [0.29, 0.717) is 25.9 Å². The van der Waals surface area contributed by atoms with Crippen molar-refractivity contribution >= 4 is 16.0 Å². The van der Waals surface area contributed by atoms with Crippen molar-refractivity contribution < 1.29 is 22.7 Å². The maximum Gasteiger partial charge on any atom is 0.336 e. The summed E-state index contributed by atoms with van der Waals surface area (Å²) in [7, 11) is -3.89. The van der Waals surface area contributed by atoms with E-state index in [1.54, 1.807) is 0 Å². The van der Waals surface area contributed by atoms with Crippen LogP contribution in [-0.2, 0) is 10.0 Å². The van der Waals surface area contributed by atoms with Crippen LogP contribution in [0.5, 0.6) is 0 Å². The van der Waals surface area contributed by atoms with Gasteiger partial charge in [0, 0.05) is 13.1 Å². The summed E-state index contributed by atoms with van der Waals surface area (Å²) in [5, 5.41) is 9.05. The first kappa shape index (κ1) is 17.6. The molecule has 0 aliphatic rings. The first-order chi connectivity index (χ1) is 9.75. The molecule has 1 rings (SSSR count). The maximum atomic E-state index is 13.8. The van der Waals surface area contributed by atoms with Crippen LogP contribution in [-0.4, -0.2) is 36.9 Å². The zero-order valence-corrected chi connectivity index (χ0v) is 13.2. The molecule has 0 aliphatic heterocycles. The maximum absolute atomic E-state index is 13.8. The fourth-order valence-electron chi connectivity index (χ4n) is 2.03. The molecule has 1 aromatic carbocycles. The summed E-state index contributed by atoms with van der Waals surface area (Å²) in [6.45, 7) is 5.63. The highest BCUT2D eigenvalue weighted by atomic mass is 32.2. The molecule has 0 heterocycles. The number of carbonyl (C=O) groups is 1. The molecule has 0 amide bonds. The number of hydrogen-bond acceptors (Lipinski definition) is 3. The Bertz CT molecular complexity index is 622. The average molecular weight is 317 g/mol. The Morgan fingerprint density at radius 1 is 1.24 bits per heavy atom. The van der Waals surface area contributed by atoms with Crippen molar-refractivity contribution in [1.29, 1.82) is 0 Å². The van der Waals surface area contributed by atoms with Gasteiger partial charge < -0.3 is 5.11 Å². The number of aromatic carboxylic acids is 1. The van der Waals surface area contributed by atoms with Crippen molar-refractivity contribution in [2.24, 2.45) is 0 Å². The average Bonchev–Trinajstić information content (AvgIpc) is 2.40. The molecular weight excluding hydrogens is 297 g/mol. The Morgan fingerprint density at radius 2 is 1.76 bits per heavy atom. The molecule has 0 fully saturated rings. The van der Waals surface area contributed by atoms with Gasteiger partial charge in [0.1, 0.15) is 5.82 Å². The van der Waals surface area contributed by atoms with Crippen LogP contribution in [0.25, 0.3) is 0 Å². The molecule has 0 aromatic heterocycles. The standard InChI is InChI=1S/C14H20FNO4S/c1-4-6-16(7-5-2)21(19,20)11-8-12(14(17)18)10(3)13(15)9-11/h8-9H,4-7H2,1-3H3,(H,17,18). The second-order valence-electron chi connectivity index (χ2n) is 4.79. The number of rotatable bonds is 7. The number of benzene rings is 1. The van der Waals surface area contributed by atoms with E-state index >= 15 is 0 Å². The third-order valence-corrected chi connectivity index (χ3v) is 5.01. The minimum atomic E-state index is -3.89. The van der Waals surface area contributed by atoms with Crippen LogP contribution in [0.3, 0.4) is 0 Å². The second kappa shape index (κ2) is 7.00. The van der Waals surface area contributed by atoms with Gasteiger partial charge in [-0.05, 0) is 37.5 Å². The van der Waals surface area contributed by atoms with E-state index in [9.17, 15) is 17.6 Å². The Morgan fingerprint density at radius 3 is 2.19 bits per heavy atom. The van der Waals surface area contributed by atoms with E-state index in [0.717, 1.165) is 12.1 Å². The Balaban J connectivity index is 3.40. The first-order valence-electron chi connectivity index (χ1n) is 6.79. The van der Waals surface area contributed by atoms with Crippen molar-refractivity contribution in [1.82, 2.24) is 4.31 Å². The van der Waals surface area contributed by atoms with Crippen LogP contribution in [0.2, 0.25) is 0 Å². The van der Waals surface area contributed by atoms with Crippen LogP contribution in [0.4, 0.5) is 4.39 Å². The number of halogens is 1. The molecule has 0 aliphatic carbocycles. The highest BCUT2D eigenvalue weighted by molar-refractivity contribution is 7.89. The Kier molecular flexibility index (Phi) is 5.86. The van der Waals surface area contributed by atoms with Crippen LogP contribution in [0, 0.1) is 12.7 Å². The van der Waals surface area contributed by atoms with Gasteiger partial charge in [-0.1, -0.05) is 13.8 Å². The summed E-state index contributed by atoms with van der Waals surface area (Å²) in [4.78, 5) is 10.8. The zero-order chi connectivity index (χ0) is 16.2. The van der Waals surface area contributed by atoms with E-state index in [1.165, 1.54) is 11.2 Å². The van der Waals surface area contributed by atoms with Crippen LogP contribution in [0.15, 0.2) is 17.0 Å². The summed E-state index contributed by atoms with van der Waals surface area (Å²) in [6, 6.07) is 1.91. The van der Waals surface area contributed by atoms with Gasteiger partial charge in [-0.2, -0.15) is 4.31 Å².